The standard InChI is InChI=1S/C15H18N2O2S/c1-10-7-11(8-20-9-13(16)15(18)19-2)12-5-3-4-6-14(12)17-10/h3-7,13H,8-9,16H2,1-2H3. The molecule has 2 N–H and O–H groups in total. The monoisotopic (exact) mass is 290 g/mol. The fraction of sp³-hybridized carbons (Fsp3) is 0.333. The molecular weight excluding hydrogens is 272 g/mol. The first kappa shape index (κ1) is 14.8. The highest BCUT2D eigenvalue weighted by Crippen LogP contribution is 2.22. The van der Waals surface area contributed by atoms with Gasteiger partial charge in [-0.15, -0.1) is 0 Å². The molecule has 0 saturated carbocycles. The average Bonchev–Trinajstić information content (AvgIpc) is 2.45. The molecular formula is C15H18N2O2S. The van der Waals surface area contributed by atoms with Gasteiger partial charge in [0.15, 0.2) is 0 Å². The molecule has 0 aliphatic carbocycles. The van der Waals surface area contributed by atoms with Gasteiger partial charge in [-0.3, -0.25) is 9.78 Å². The van der Waals surface area contributed by atoms with E-state index in [-0.39, 0.29) is 5.97 Å². The number of ether oxygens (including phenoxy) is 1. The Kier molecular flexibility index (Phi) is 4.98. The number of esters is 1. The zero-order chi connectivity index (χ0) is 14.5. The van der Waals surface area contributed by atoms with Crippen LogP contribution >= 0.6 is 11.8 Å². The first-order valence-corrected chi connectivity index (χ1v) is 7.53. The number of para-hydroxylation sites is 1. The van der Waals surface area contributed by atoms with Gasteiger partial charge in [0.1, 0.15) is 6.04 Å². The summed E-state index contributed by atoms with van der Waals surface area (Å²) in [6, 6.07) is 9.58. The lowest BCUT2D eigenvalue weighted by molar-refractivity contribution is -0.141. The lowest BCUT2D eigenvalue weighted by Gasteiger charge is -2.10. The Hall–Kier alpha value is -1.59. The van der Waals surface area contributed by atoms with E-state index < -0.39 is 6.04 Å². The van der Waals surface area contributed by atoms with Crippen LogP contribution < -0.4 is 5.73 Å². The summed E-state index contributed by atoms with van der Waals surface area (Å²) in [5.74, 6) is 0.977. The molecule has 0 aliphatic rings. The summed E-state index contributed by atoms with van der Waals surface area (Å²) in [7, 11) is 1.35. The molecule has 20 heavy (non-hydrogen) atoms. The second kappa shape index (κ2) is 6.72. The van der Waals surface area contributed by atoms with Crippen LogP contribution in [-0.2, 0) is 15.3 Å². The fourth-order valence-electron chi connectivity index (χ4n) is 2.03. The van der Waals surface area contributed by atoms with Crippen LogP contribution in [-0.4, -0.2) is 29.9 Å². The van der Waals surface area contributed by atoms with Gasteiger partial charge >= 0.3 is 5.97 Å². The highest BCUT2D eigenvalue weighted by atomic mass is 32.2. The van der Waals surface area contributed by atoms with Crippen LogP contribution in [0.2, 0.25) is 0 Å². The number of pyridine rings is 1. The minimum Gasteiger partial charge on any atom is -0.468 e. The molecule has 1 aromatic carbocycles. The highest BCUT2D eigenvalue weighted by Gasteiger charge is 2.13. The van der Waals surface area contributed by atoms with Crippen molar-refractivity contribution in [3.8, 4) is 0 Å². The molecule has 0 amide bonds. The van der Waals surface area contributed by atoms with Crippen LogP contribution in [0.15, 0.2) is 30.3 Å². The van der Waals surface area contributed by atoms with Crippen molar-refractivity contribution in [3.63, 3.8) is 0 Å². The first-order chi connectivity index (χ1) is 9.61. The van der Waals surface area contributed by atoms with Crippen molar-refractivity contribution >= 4 is 28.6 Å². The molecule has 0 fully saturated rings. The van der Waals surface area contributed by atoms with Crippen molar-refractivity contribution in [2.75, 3.05) is 12.9 Å². The van der Waals surface area contributed by atoms with Gasteiger partial charge in [-0.05, 0) is 24.6 Å². The average molecular weight is 290 g/mol. The molecule has 5 heteroatoms. The van der Waals surface area contributed by atoms with E-state index in [1.54, 1.807) is 11.8 Å². The zero-order valence-electron chi connectivity index (χ0n) is 11.6. The van der Waals surface area contributed by atoms with E-state index in [1.807, 2.05) is 25.1 Å². The molecule has 1 atom stereocenters. The van der Waals surface area contributed by atoms with E-state index in [9.17, 15) is 4.79 Å². The molecule has 0 radical (unpaired) electrons. The summed E-state index contributed by atoms with van der Waals surface area (Å²) in [5.41, 5.74) is 8.94. The van der Waals surface area contributed by atoms with Gasteiger partial charge in [-0.25, -0.2) is 0 Å². The number of methoxy groups -OCH3 is 1. The molecule has 1 unspecified atom stereocenters. The number of aryl methyl sites for hydroxylation is 1. The van der Waals surface area contributed by atoms with Crippen molar-refractivity contribution in [1.82, 2.24) is 4.98 Å². The quantitative estimate of drug-likeness (QED) is 0.856. The fourth-order valence-corrected chi connectivity index (χ4v) is 3.00. The summed E-state index contributed by atoms with van der Waals surface area (Å²) in [6.45, 7) is 1.99. The maximum Gasteiger partial charge on any atom is 0.323 e. The molecule has 4 nitrogen and oxygen atoms in total. The van der Waals surface area contributed by atoms with Gasteiger partial charge in [-0.1, -0.05) is 18.2 Å². The summed E-state index contributed by atoms with van der Waals surface area (Å²) >= 11 is 1.63. The van der Waals surface area contributed by atoms with E-state index in [2.05, 4.69) is 21.9 Å². The maximum atomic E-state index is 11.3. The topological polar surface area (TPSA) is 65.2 Å². The predicted molar refractivity (Wildman–Crippen MR) is 82.6 cm³/mol. The van der Waals surface area contributed by atoms with Crippen LogP contribution in [0.1, 0.15) is 11.3 Å². The van der Waals surface area contributed by atoms with Crippen LogP contribution in [0.4, 0.5) is 0 Å². The summed E-state index contributed by atoms with van der Waals surface area (Å²) in [5, 5.41) is 1.15. The zero-order valence-corrected chi connectivity index (χ0v) is 12.4. The third-order valence-corrected chi connectivity index (χ3v) is 4.10. The van der Waals surface area contributed by atoms with Gasteiger partial charge < -0.3 is 10.5 Å². The van der Waals surface area contributed by atoms with Crippen molar-refractivity contribution in [2.45, 2.75) is 18.7 Å². The number of hydrogen-bond acceptors (Lipinski definition) is 5. The molecule has 0 saturated heterocycles. The Balaban J connectivity index is 2.08. The third-order valence-electron chi connectivity index (χ3n) is 2.99. The highest BCUT2D eigenvalue weighted by molar-refractivity contribution is 7.98. The lowest BCUT2D eigenvalue weighted by atomic mass is 10.1. The summed E-state index contributed by atoms with van der Waals surface area (Å²) in [4.78, 5) is 15.8. The van der Waals surface area contributed by atoms with E-state index in [0.29, 0.717) is 5.75 Å². The summed E-state index contributed by atoms with van der Waals surface area (Å²) in [6.07, 6.45) is 0. The minimum absolute atomic E-state index is 0.367. The van der Waals surface area contributed by atoms with Crippen molar-refractivity contribution in [1.29, 1.82) is 0 Å². The number of nitrogens with two attached hydrogens (primary N) is 1. The van der Waals surface area contributed by atoms with Crippen LogP contribution in [0.3, 0.4) is 0 Å². The van der Waals surface area contributed by atoms with Crippen molar-refractivity contribution in [3.05, 3.63) is 41.6 Å². The third kappa shape index (κ3) is 3.49. The largest absolute Gasteiger partial charge is 0.468 e. The predicted octanol–water partition coefficient (Wildman–Crippen LogP) is 2.28. The maximum absolute atomic E-state index is 11.3. The van der Waals surface area contributed by atoms with E-state index in [1.165, 1.54) is 12.7 Å². The Bertz CT molecular complexity index is 616. The number of aromatic nitrogens is 1. The van der Waals surface area contributed by atoms with Crippen molar-refractivity contribution < 1.29 is 9.53 Å². The second-order valence-corrected chi connectivity index (χ2v) is 5.61. The van der Waals surface area contributed by atoms with E-state index >= 15 is 0 Å². The van der Waals surface area contributed by atoms with Crippen molar-refractivity contribution in [2.24, 2.45) is 5.73 Å². The molecule has 0 spiro atoms. The van der Waals surface area contributed by atoms with Crippen LogP contribution in [0.25, 0.3) is 10.9 Å². The number of carbonyl (C=O) groups excluding carboxylic acids is 1. The Morgan fingerprint density at radius 2 is 2.20 bits per heavy atom. The number of rotatable bonds is 5. The van der Waals surface area contributed by atoms with Gasteiger partial charge in [-0.2, -0.15) is 11.8 Å². The number of thioether (sulfide) groups is 1. The number of benzene rings is 1. The minimum atomic E-state index is -0.570. The Morgan fingerprint density at radius 3 is 2.95 bits per heavy atom. The second-order valence-electron chi connectivity index (χ2n) is 4.58. The number of fused-ring (bicyclic) bond motifs is 1. The van der Waals surface area contributed by atoms with Crippen LogP contribution in [0, 0.1) is 6.92 Å². The SMILES string of the molecule is COC(=O)C(N)CSCc1cc(C)nc2ccccc12. The molecule has 1 aromatic heterocycles. The van der Waals surface area contributed by atoms with Crippen LogP contribution in [0.5, 0.6) is 0 Å². The Morgan fingerprint density at radius 1 is 1.45 bits per heavy atom. The van der Waals surface area contributed by atoms with Gasteiger partial charge in [0, 0.05) is 22.6 Å². The van der Waals surface area contributed by atoms with Gasteiger partial charge in [0.25, 0.3) is 0 Å². The smallest absolute Gasteiger partial charge is 0.323 e. The first-order valence-electron chi connectivity index (χ1n) is 6.38. The number of nitrogens with zero attached hydrogens (tertiary/aromatic N) is 1. The number of hydrogen-bond donors (Lipinski definition) is 1. The van der Waals surface area contributed by atoms with E-state index in [4.69, 9.17) is 5.73 Å². The van der Waals surface area contributed by atoms with Gasteiger partial charge in [0.05, 0.1) is 12.6 Å². The molecule has 1 heterocycles. The molecule has 0 aliphatic heterocycles. The lowest BCUT2D eigenvalue weighted by Crippen LogP contribution is -2.33. The molecule has 2 aromatic rings. The number of carbonyl (C=O) groups is 1. The molecule has 0 bridgehead atoms. The van der Waals surface area contributed by atoms with Gasteiger partial charge in [0.2, 0.25) is 0 Å². The summed E-state index contributed by atoms with van der Waals surface area (Å²) < 4.78 is 4.62. The molecule has 106 valence electrons. The normalized spacial score (nSPS) is 12.3. The van der Waals surface area contributed by atoms with E-state index in [0.717, 1.165) is 22.3 Å². The molecule has 2 rings (SSSR count). The Labute approximate surface area is 122 Å².